The second-order valence-corrected chi connectivity index (χ2v) is 9.01. The molecule has 0 fully saturated rings. The van der Waals surface area contributed by atoms with Crippen molar-refractivity contribution in [2.75, 3.05) is 6.54 Å². The Kier molecular flexibility index (Phi) is 13.7. The number of amides is 3. The molecule has 12 heteroatoms. The van der Waals surface area contributed by atoms with Gasteiger partial charge in [-0.15, -0.1) is 0 Å². The molecule has 0 radical (unpaired) electrons. The number of guanidine groups is 1. The number of carboxylic acids is 1. The number of aliphatic carboxylic acids is 1. The van der Waals surface area contributed by atoms with E-state index < -0.39 is 47.9 Å². The smallest absolute Gasteiger partial charge is 0.326 e. The van der Waals surface area contributed by atoms with Crippen LogP contribution in [-0.2, 0) is 19.2 Å². The molecular weight excluding hydrogens is 430 g/mol. The predicted octanol–water partition coefficient (Wildman–Crippen LogP) is -0.982. The summed E-state index contributed by atoms with van der Waals surface area (Å²) in [5.74, 6) is -2.73. The molecule has 0 aromatic carbocycles. The minimum absolute atomic E-state index is 0.0428. The van der Waals surface area contributed by atoms with Crippen LogP contribution in [0, 0.1) is 11.8 Å². The Morgan fingerprint density at radius 2 is 1.33 bits per heavy atom. The van der Waals surface area contributed by atoms with E-state index in [0.717, 1.165) is 0 Å². The Labute approximate surface area is 195 Å². The van der Waals surface area contributed by atoms with E-state index in [2.05, 4.69) is 20.9 Å². The second kappa shape index (κ2) is 15.0. The Morgan fingerprint density at radius 1 is 0.818 bits per heavy atom. The molecule has 0 heterocycles. The van der Waals surface area contributed by atoms with Crippen molar-refractivity contribution in [1.82, 2.24) is 16.0 Å². The van der Waals surface area contributed by atoms with E-state index in [9.17, 15) is 24.3 Å². The number of hydrogen-bond donors (Lipinski definition) is 7. The summed E-state index contributed by atoms with van der Waals surface area (Å²) in [6.07, 6.45) is 1.41. The molecule has 4 unspecified atom stereocenters. The lowest BCUT2D eigenvalue weighted by atomic mass is 10.0. The largest absolute Gasteiger partial charge is 0.480 e. The third-order valence-corrected chi connectivity index (χ3v) is 4.72. The lowest BCUT2D eigenvalue weighted by molar-refractivity contribution is -0.142. The van der Waals surface area contributed by atoms with Crippen LogP contribution in [0.15, 0.2) is 4.99 Å². The molecule has 3 amide bonds. The topological polar surface area (TPSA) is 215 Å². The number of nitrogens with zero attached hydrogens (tertiary/aromatic N) is 1. The lowest BCUT2D eigenvalue weighted by Gasteiger charge is -2.24. The van der Waals surface area contributed by atoms with Crippen LogP contribution in [0.1, 0.15) is 60.3 Å². The van der Waals surface area contributed by atoms with E-state index >= 15 is 0 Å². The van der Waals surface area contributed by atoms with E-state index in [0.29, 0.717) is 25.8 Å². The first kappa shape index (κ1) is 30.1. The maximum absolute atomic E-state index is 12.8. The highest BCUT2D eigenvalue weighted by Gasteiger charge is 2.29. The van der Waals surface area contributed by atoms with Gasteiger partial charge in [0, 0.05) is 6.54 Å². The first-order valence-corrected chi connectivity index (χ1v) is 11.2. The number of aliphatic imine (C=N–C) groups is 1. The number of nitrogens with two attached hydrogens (primary N) is 3. The molecule has 0 spiro atoms. The van der Waals surface area contributed by atoms with E-state index in [1.807, 2.05) is 27.7 Å². The highest BCUT2D eigenvalue weighted by Crippen LogP contribution is 2.08. The first-order chi connectivity index (χ1) is 15.2. The predicted molar refractivity (Wildman–Crippen MR) is 126 cm³/mol. The van der Waals surface area contributed by atoms with Crippen molar-refractivity contribution in [3.8, 4) is 0 Å². The zero-order valence-electron chi connectivity index (χ0n) is 20.3. The summed E-state index contributed by atoms with van der Waals surface area (Å²) >= 11 is 0. The van der Waals surface area contributed by atoms with Gasteiger partial charge in [-0.3, -0.25) is 19.4 Å². The standard InChI is InChI=1S/C21H41N7O5/c1-11(2)9-15(27-18(30)14(22)7-6-8-25-21(23)24)19(31)26-13(5)17(29)28-16(20(32)33)10-12(3)4/h11-16H,6-10,22H2,1-5H3,(H,26,31)(H,27,30)(H,28,29)(H,32,33)(H4,23,24,25). The van der Waals surface area contributed by atoms with E-state index in [-0.39, 0.29) is 24.2 Å². The molecule has 4 atom stereocenters. The Bertz CT molecular complexity index is 692. The van der Waals surface area contributed by atoms with Crippen molar-refractivity contribution in [2.45, 2.75) is 84.5 Å². The van der Waals surface area contributed by atoms with Crippen molar-refractivity contribution >= 4 is 29.7 Å². The number of rotatable bonds is 15. The highest BCUT2D eigenvalue weighted by molar-refractivity contribution is 5.93. The molecule has 0 rings (SSSR count). The van der Waals surface area contributed by atoms with Gasteiger partial charge in [0.15, 0.2) is 5.96 Å². The van der Waals surface area contributed by atoms with E-state index in [4.69, 9.17) is 17.2 Å². The monoisotopic (exact) mass is 471 g/mol. The molecule has 0 aliphatic carbocycles. The fourth-order valence-electron chi connectivity index (χ4n) is 3.00. The number of hydrogen-bond acceptors (Lipinski definition) is 6. The molecular formula is C21H41N7O5. The quantitative estimate of drug-likeness (QED) is 0.0892. The number of carboxylic acid groups (broad SMARTS) is 1. The van der Waals surface area contributed by atoms with E-state index in [1.54, 1.807) is 0 Å². The van der Waals surface area contributed by atoms with Gasteiger partial charge in [-0.1, -0.05) is 27.7 Å². The molecule has 33 heavy (non-hydrogen) atoms. The van der Waals surface area contributed by atoms with Gasteiger partial charge in [0.25, 0.3) is 0 Å². The van der Waals surface area contributed by atoms with E-state index in [1.165, 1.54) is 6.92 Å². The summed E-state index contributed by atoms with van der Waals surface area (Å²) in [5, 5.41) is 16.9. The van der Waals surface area contributed by atoms with Crippen LogP contribution in [0.4, 0.5) is 0 Å². The molecule has 0 aliphatic heterocycles. The molecule has 0 aromatic heterocycles. The van der Waals surface area contributed by atoms with Crippen molar-refractivity contribution in [1.29, 1.82) is 0 Å². The van der Waals surface area contributed by atoms with Crippen LogP contribution >= 0.6 is 0 Å². The zero-order chi connectivity index (χ0) is 25.7. The number of carbonyl (C=O) groups excluding carboxylic acids is 3. The molecule has 0 aliphatic rings. The maximum Gasteiger partial charge on any atom is 0.326 e. The molecule has 190 valence electrons. The number of nitrogens with one attached hydrogen (secondary N) is 3. The Hall–Kier alpha value is -2.89. The average Bonchev–Trinajstić information content (AvgIpc) is 2.68. The summed E-state index contributed by atoms with van der Waals surface area (Å²) < 4.78 is 0. The van der Waals surface area contributed by atoms with Crippen LogP contribution in [0.25, 0.3) is 0 Å². The normalized spacial score (nSPS) is 14.7. The SMILES string of the molecule is CC(C)CC(NC(=O)C(C)NC(=O)C(CC(C)C)NC(=O)C(N)CCCN=C(N)N)C(=O)O. The highest BCUT2D eigenvalue weighted by atomic mass is 16.4. The van der Waals surface area contributed by atoms with Crippen LogP contribution in [0.3, 0.4) is 0 Å². The van der Waals surface area contributed by atoms with Gasteiger partial charge in [-0.2, -0.15) is 0 Å². The fourth-order valence-corrected chi connectivity index (χ4v) is 3.00. The Balaban J connectivity index is 5.00. The Morgan fingerprint density at radius 3 is 1.82 bits per heavy atom. The minimum Gasteiger partial charge on any atom is -0.480 e. The summed E-state index contributed by atoms with van der Waals surface area (Å²) in [6, 6.07) is -3.80. The molecule has 0 aromatic rings. The third-order valence-electron chi connectivity index (χ3n) is 4.72. The van der Waals surface area contributed by atoms with Gasteiger partial charge in [-0.25, -0.2) is 4.79 Å². The lowest BCUT2D eigenvalue weighted by Crippen LogP contribution is -2.56. The summed E-state index contributed by atoms with van der Waals surface area (Å²) in [7, 11) is 0. The fraction of sp³-hybridized carbons (Fsp3) is 0.762. The van der Waals surface area contributed by atoms with Crippen molar-refractivity contribution in [3.05, 3.63) is 0 Å². The van der Waals surface area contributed by atoms with Gasteiger partial charge in [0.1, 0.15) is 18.1 Å². The molecule has 10 N–H and O–H groups in total. The second-order valence-electron chi connectivity index (χ2n) is 9.01. The van der Waals surface area contributed by atoms with Crippen LogP contribution in [0.2, 0.25) is 0 Å². The van der Waals surface area contributed by atoms with Crippen molar-refractivity contribution in [2.24, 2.45) is 34.0 Å². The first-order valence-electron chi connectivity index (χ1n) is 11.2. The summed E-state index contributed by atoms with van der Waals surface area (Å²) in [5.41, 5.74) is 16.4. The molecule has 0 saturated heterocycles. The van der Waals surface area contributed by atoms with Crippen molar-refractivity contribution < 1.29 is 24.3 Å². The van der Waals surface area contributed by atoms with Crippen LogP contribution in [0.5, 0.6) is 0 Å². The average molecular weight is 472 g/mol. The van der Waals surface area contributed by atoms with Gasteiger partial charge in [0.2, 0.25) is 17.7 Å². The molecule has 0 bridgehead atoms. The zero-order valence-corrected chi connectivity index (χ0v) is 20.3. The van der Waals surface area contributed by atoms with Gasteiger partial charge >= 0.3 is 5.97 Å². The maximum atomic E-state index is 12.8. The van der Waals surface area contributed by atoms with Crippen LogP contribution in [-0.4, -0.2) is 65.5 Å². The minimum atomic E-state index is -1.14. The van der Waals surface area contributed by atoms with Crippen molar-refractivity contribution in [3.63, 3.8) is 0 Å². The van der Waals surface area contributed by atoms with Crippen LogP contribution < -0.4 is 33.2 Å². The van der Waals surface area contributed by atoms with Gasteiger partial charge in [-0.05, 0) is 44.4 Å². The summed E-state index contributed by atoms with van der Waals surface area (Å²) in [6.45, 7) is 9.25. The summed E-state index contributed by atoms with van der Waals surface area (Å²) in [4.78, 5) is 52.9. The molecule has 12 nitrogen and oxygen atoms in total. The van der Waals surface area contributed by atoms with Gasteiger partial charge < -0.3 is 38.3 Å². The molecule has 0 saturated carbocycles. The number of carbonyl (C=O) groups is 4. The van der Waals surface area contributed by atoms with Gasteiger partial charge in [0.05, 0.1) is 6.04 Å². The third kappa shape index (κ3) is 13.3.